The number of rotatable bonds is 6. The van der Waals surface area contributed by atoms with E-state index in [1.165, 1.54) is 11.3 Å². The monoisotopic (exact) mass is 460 g/mol. The first kappa shape index (κ1) is 22.9. The Morgan fingerprint density at radius 1 is 0.853 bits per heavy atom. The Hall–Kier alpha value is -4.28. The van der Waals surface area contributed by atoms with Crippen molar-refractivity contribution in [3.8, 4) is 29.3 Å². The molecule has 34 heavy (non-hydrogen) atoms. The first-order chi connectivity index (χ1) is 16.5. The smallest absolute Gasteiger partial charge is 0.119 e. The fourth-order valence-corrected chi connectivity index (χ4v) is 4.60. The van der Waals surface area contributed by atoms with Crippen LogP contribution in [-0.4, -0.2) is 4.98 Å². The average molecular weight is 461 g/mol. The topological polar surface area (TPSA) is 93.5 Å². The van der Waals surface area contributed by atoms with E-state index in [2.05, 4.69) is 23.2 Å². The first-order valence-electron chi connectivity index (χ1n) is 10.6. The molecule has 0 amide bonds. The number of hydrogen-bond acceptors (Lipinski definition) is 6. The second-order valence-electron chi connectivity index (χ2n) is 7.87. The van der Waals surface area contributed by atoms with Crippen LogP contribution in [0.3, 0.4) is 0 Å². The number of benzene rings is 3. The van der Waals surface area contributed by atoms with E-state index in [0.717, 1.165) is 38.3 Å². The number of thiazole rings is 1. The molecule has 0 N–H and O–H groups in total. The molecule has 0 aliphatic heterocycles. The summed E-state index contributed by atoms with van der Waals surface area (Å²) >= 11 is 1.49. The molecule has 1 heterocycles. The minimum Gasteiger partial charge on any atom is -0.363 e. The predicted molar refractivity (Wildman–Crippen MR) is 131 cm³/mol. The number of nitriles is 3. The highest BCUT2D eigenvalue weighted by atomic mass is 32.1. The van der Waals surface area contributed by atoms with E-state index in [-0.39, 0.29) is 6.61 Å². The van der Waals surface area contributed by atoms with E-state index in [0.29, 0.717) is 16.7 Å². The third-order valence-corrected chi connectivity index (χ3v) is 6.53. The summed E-state index contributed by atoms with van der Waals surface area (Å²) < 4.78 is 6.38. The van der Waals surface area contributed by atoms with E-state index in [9.17, 15) is 15.8 Å². The fourth-order valence-electron chi connectivity index (χ4n) is 3.90. The van der Waals surface area contributed by atoms with Gasteiger partial charge in [0.15, 0.2) is 0 Å². The molecule has 1 aromatic heterocycles. The maximum atomic E-state index is 9.72. The Balaban J connectivity index is 1.75. The minimum atomic E-state index is -0.425. The van der Waals surface area contributed by atoms with Crippen molar-refractivity contribution in [2.24, 2.45) is 0 Å². The van der Waals surface area contributed by atoms with Crippen LogP contribution in [0.25, 0.3) is 11.1 Å². The highest BCUT2D eigenvalue weighted by Gasteiger charge is 2.20. The van der Waals surface area contributed by atoms with Gasteiger partial charge in [0.05, 0.1) is 51.9 Å². The summed E-state index contributed by atoms with van der Waals surface area (Å²) in [5, 5.41) is 28.6. The lowest BCUT2D eigenvalue weighted by atomic mass is 9.93. The summed E-state index contributed by atoms with van der Waals surface area (Å²) in [7, 11) is 0. The van der Waals surface area contributed by atoms with E-state index in [1.807, 2.05) is 62.4 Å². The summed E-state index contributed by atoms with van der Waals surface area (Å²) in [6.07, 6.45) is 1.35. The highest BCUT2D eigenvalue weighted by molar-refractivity contribution is 7.09. The Labute approximate surface area is 202 Å². The molecule has 0 fully saturated rings. The number of ether oxygens (including phenoxy) is 1. The second kappa shape index (κ2) is 10.1. The molecule has 4 rings (SSSR count). The Morgan fingerprint density at radius 3 is 2.29 bits per heavy atom. The van der Waals surface area contributed by atoms with Crippen molar-refractivity contribution in [3.05, 3.63) is 110 Å². The second-order valence-corrected chi connectivity index (χ2v) is 8.79. The number of hydrogen-bond donors (Lipinski definition) is 0. The molecule has 6 heteroatoms. The normalized spacial score (nSPS) is 11.3. The van der Waals surface area contributed by atoms with Crippen molar-refractivity contribution in [1.82, 2.24) is 4.98 Å². The van der Waals surface area contributed by atoms with Gasteiger partial charge in [-0.25, -0.2) is 0 Å². The van der Waals surface area contributed by atoms with Crippen LogP contribution in [0.4, 0.5) is 0 Å². The van der Waals surface area contributed by atoms with Crippen LogP contribution in [0.5, 0.6) is 0 Å². The quantitative estimate of drug-likeness (QED) is 0.334. The molecule has 1 atom stereocenters. The molecule has 0 aliphatic rings. The molecule has 0 spiro atoms. The van der Waals surface area contributed by atoms with Gasteiger partial charge in [-0.15, -0.1) is 11.3 Å². The lowest BCUT2D eigenvalue weighted by Gasteiger charge is -2.19. The molecular weight excluding hydrogens is 440 g/mol. The third-order valence-electron chi connectivity index (χ3n) is 5.71. The molecule has 0 bridgehead atoms. The lowest BCUT2D eigenvalue weighted by Crippen LogP contribution is -2.07. The Morgan fingerprint density at radius 2 is 1.62 bits per heavy atom. The highest BCUT2D eigenvalue weighted by Crippen LogP contribution is 2.35. The van der Waals surface area contributed by atoms with E-state index >= 15 is 0 Å². The number of aromatic nitrogens is 1. The standard InChI is InChI=1S/C28H20N4OS/c1-18-5-3-4-6-25(18)26-11-20(7-8-21(26)12-29)28(27-15-32-17-34-27)33-16-24-9-19(2)22(13-30)10-23(24)14-31/h3-11,15,17,28H,16H2,1-2H3. The van der Waals surface area contributed by atoms with Gasteiger partial charge in [0, 0.05) is 11.8 Å². The molecule has 1 unspecified atom stereocenters. The van der Waals surface area contributed by atoms with Crippen LogP contribution in [-0.2, 0) is 11.3 Å². The summed E-state index contributed by atoms with van der Waals surface area (Å²) in [6.45, 7) is 4.06. The maximum absolute atomic E-state index is 9.72. The van der Waals surface area contributed by atoms with Gasteiger partial charge in [-0.3, -0.25) is 4.98 Å². The zero-order valence-electron chi connectivity index (χ0n) is 18.7. The SMILES string of the molecule is Cc1cc(COC(c2ccc(C#N)c(-c3ccccc3C)c2)c2cncs2)c(C#N)cc1C#N. The van der Waals surface area contributed by atoms with Crippen LogP contribution >= 0.6 is 11.3 Å². The van der Waals surface area contributed by atoms with E-state index in [4.69, 9.17) is 4.74 Å². The molecule has 4 aromatic rings. The van der Waals surface area contributed by atoms with Gasteiger partial charge in [-0.05, 0) is 59.9 Å². The van der Waals surface area contributed by atoms with Crippen LogP contribution in [0.1, 0.15) is 49.9 Å². The first-order valence-corrected chi connectivity index (χ1v) is 11.5. The Bertz CT molecular complexity index is 1470. The molecule has 3 aromatic carbocycles. The fraction of sp³-hybridized carbons (Fsp3) is 0.143. The van der Waals surface area contributed by atoms with Crippen LogP contribution in [0.2, 0.25) is 0 Å². The van der Waals surface area contributed by atoms with Gasteiger partial charge in [0.2, 0.25) is 0 Å². The third kappa shape index (κ3) is 4.58. The zero-order valence-corrected chi connectivity index (χ0v) is 19.6. The van der Waals surface area contributed by atoms with Crippen molar-refractivity contribution in [3.63, 3.8) is 0 Å². The zero-order chi connectivity index (χ0) is 24.1. The predicted octanol–water partition coefficient (Wildman–Crippen LogP) is 6.35. The van der Waals surface area contributed by atoms with Gasteiger partial charge in [-0.2, -0.15) is 15.8 Å². The molecule has 0 saturated carbocycles. The molecule has 164 valence electrons. The average Bonchev–Trinajstić information content (AvgIpc) is 3.39. The van der Waals surface area contributed by atoms with E-state index in [1.54, 1.807) is 17.8 Å². The largest absolute Gasteiger partial charge is 0.363 e. The number of nitrogens with zero attached hydrogens (tertiary/aromatic N) is 4. The molecule has 0 radical (unpaired) electrons. The molecule has 0 saturated heterocycles. The van der Waals surface area contributed by atoms with Crippen LogP contribution in [0.15, 0.2) is 66.3 Å². The Kier molecular flexibility index (Phi) is 6.81. The molecule has 0 aliphatic carbocycles. The van der Waals surface area contributed by atoms with Crippen molar-refractivity contribution >= 4 is 11.3 Å². The summed E-state index contributed by atoms with van der Waals surface area (Å²) in [4.78, 5) is 5.14. The maximum Gasteiger partial charge on any atom is 0.119 e. The van der Waals surface area contributed by atoms with Crippen LogP contribution in [0, 0.1) is 47.8 Å². The van der Waals surface area contributed by atoms with E-state index < -0.39 is 6.10 Å². The summed E-state index contributed by atoms with van der Waals surface area (Å²) in [5.41, 5.74) is 8.60. The van der Waals surface area contributed by atoms with Crippen LogP contribution < -0.4 is 0 Å². The number of aryl methyl sites for hydroxylation is 2. The van der Waals surface area contributed by atoms with Gasteiger partial charge in [0.1, 0.15) is 6.10 Å². The van der Waals surface area contributed by atoms with Crippen molar-refractivity contribution in [2.45, 2.75) is 26.6 Å². The van der Waals surface area contributed by atoms with Gasteiger partial charge in [-0.1, -0.05) is 36.4 Å². The minimum absolute atomic E-state index is 0.192. The van der Waals surface area contributed by atoms with Crippen molar-refractivity contribution in [1.29, 1.82) is 15.8 Å². The molecular formula is C28H20N4OS. The van der Waals surface area contributed by atoms with Gasteiger partial charge >= 0.3 is 0 Å². The van der Waals surface area contributed by atoms with Gasteiger partial charge in [0.25, 0.3) is 0 Å². The summed E-state index contributed by atoms with van der Waals surface area (Å²) in [6, 6.07) is 23.7. The molecule has 5 nitrogen and oxygen atoms in total. The van der Waals surface area contributed by atoms with Crippen molar-refractivity contribution in [2.75, 3.05) is 0 Å². The lowest BCUT2D eigenvalue weighted by molar-refractivity contribution is 0.0687. The summed E-state index contributed by atoms with van der Waals surface area (Å²) in [5.74, 6) is 0. The van der Waals surface area contributed by atoms with Gasteiger partial charge < -0.3 is 4.74 Å². The van der Waals surface area contributed by atoms with Crippen molar-refractivity contribution < 1.29 is 4.74 Å².